The first-order valence-electron chi connectivity index (χ1n) is 9.30. The third-order valence-electron chi connectivity index (χ3n) is 4.63. The molecule has 2 aromatic heterocycles. The molecule has 0 spiro atoms. The van der Waals surface area contributed by atoms with Gasteiger partial charge in [-0.3, -0.25) is 10.1 Å². The number of carbonyl (C=O) groups is 1. The summed E-state index contributed by atoms with van der Waals surface area (Å²) in [5, 5.41) is 22.9. The SMILES string of the molecule is CN(C)c1cccc2c(C(=O)O)nc(Cl)cc12.Cc1cc2c([N+](=O)[O-])cccc2c(Cl)n1. The molecule has 2 aromatic carbocycles. The molecule has 0 aliphatic heterocycles. The number of aromatic nitrogens is 2. The number of pyridine rings is 2. The summed E-state index contributed by atoms with van der Waals surface area (Å²) in [5.41, 5.74) is 1.62. The maximum atomic E-state index is 11.1. The van der Waals surface area contributed by atoms with Gasteiger partial charge in [0.05, 0.1) is 10.3 Å². The number of hydrogen-bond acceptors (Lipinski definition) is 6. The summed E-state index contributed by atoms with van der Waals surface area (Å²) in [6.45, 7) is 1.75. The maximum Gasteiger partial charge on any atom is 0.355 e. The first kappa shape index (κ1) is 23.2. The second kappa shape index (κ2) is 9.33. The lowest BCUT2D eigenvalue weighted by Crippen LogP contribution is -2.10. The molecule has 2 heterocycles. The van der Waals surface area contributed by atoms with Crippen LogP contribution in [0.5, 0.6) is 0 Å². The highest BCUT2D eigenvalue weighted by Gasteiger charge is 2.15. The van der Waals surface area contributed by atoms with E-state index < -0.39 is 10.9 Å². The molecule has 0 bridgehead atoms. The van der Waals surface area contributed by atoms with E-state index in [9.17, 15) is 14.9 Å². The van der Waals surface area contributed by atoms with E-state index in [1.165, 1.54) is 6.07 Å². The third kappa shape index (κ3) is 4.71. The van der Waals surface area contributed by atoms with Crippen molar-refractivity contribution >= 4 is 62.1 Å². The van der Waals surface area contributed by atoms with E-state index in [0.717, 1.165) is 11.1 Å². The monoisotopic (exact) mass is 472 g/mol. The predicted molar refractivity (Wildman–Crippen MR) is 126 cm³/mol. The summed E-state index contributed by atoms with van der Waals surface area (Å²) in [4.78, 5) is 31.3. The molecule has 164 valence electrons. The topological polar surface area (TPSA) is 109 Å². The molecule has 0 atom stereocenters. The fourth-order valence-electron chi connectivity index (χ4n) is 3.28. The molecule has 0 saturated carbocycles. The number of anilines is 1. The van der Waals surface area contributed by atoms with Gasteiger partial charge in [-0.05, 0) is 25.1 Å². The zero-order valence-corrected chi connectivity index (χ0v) is 18.8. The molecular weight excluding hydrogens is 455 g/mol. The Labute approximate surface area is 193 Å². The standard InChI is InChI=1S/C12H11ClN2O2.C10H7ClN2O2/c1-15(2)9-5-3-4-7-8(9)6-10(13)14-11(7)12(16)17;1-6-5-8-7(10(11)12-6)3-2-4-9(8)13(14)15/h3-6H,1-2H3,(H,16,17);2-5H,1H3. The summed E-state index contributed by atoms with van der Waals surface area (Å²) in [5.74, 6) is -1.08. The van der Waals surface area contributed by atoms with Gasteiger partial charge in [-0.1, -0.05) is 47.5 Å². The van der Waals surface area contributed by atoms with Crippen LogP contribution in [0.4, 0.5) is 11.4 Å². The molecular formula is C22H18Cl2N4O4. The van der Waals surface area contributed by atoms with Crippen LogP contribution in [0.2, 0.25) is 10.3 Å². The van der Waals surface area contributed by atoms with Crippen LogP contribution in [-0.2, 0) is 0 Å². The molecule has 4 rings (SSSR count). The summed E-state index contributed by atoms with van der Waals surface area (Å²) < 4.78 is 0. The van der Waals surface area contributed by atoms with Gasteiger partial charge in [-0.15, -0.1) is 0 Å². The Morgan fingerprint density at radius 1 is 1.00 bits per heavy atom. The number of aryl methyl sites for hydroxylation is 1. The van der Waals surface area contributed by atoms with Crippen molar-refractivity contribution in [3.05, 3.63) is 80.3 Å². The first-order chi connectivity index (χ1) is 15.1. The predicted octanol–water partition coefficient (Wildman–Crippen LogP) is 5.76. The van der Waals surface area contributed by atoms with Crippen molar-refractivity contribution in [1.82, 2.24) is 9.97 Å². The lowest BCUT2D eigenvalue weighted by Gasteiger charge is -2.16. The zero-order chi connectivity index (χ0) is 23.6. The molecule has 0 fully saturated rings. The summed E-state index contributed by atoms with van der Waals surface area (Å²) in [7, 11) is 3.78. The highest BCUT2D eigenvalue weighted by molar-refractivity contribution is 6.34. The van der Waals surface area contributed by atoms with Crippen molar-refractivity contribution in [3.63, 3.8) is 0 Å². The molecule has 0 aliphatic carbocycles. The van der Waals surface area contributed by atoms with E-state index >= 15 is 0 Å². The van der Waals surface area contributed by atoms with E-state index in [4.69, 9.17) is 28.3 Å². The molecule has 0 unspecified atom stereocenters. The fraction of sp³-hybridized carbons (Fsp3) is 0.136. The molecule has 0 amide bonds. The number of nitrogens with zero attached hydrogens (tertiary/aromatic N) is 4. The second-order valence-electron chi connectivity index (χ2n) is 7.05. The van der Waals surface area contributed by atoms with Gasteiger partial charge >= 0.3 is 5.97 Å². The Kier molecular flexibility index (Phi) is 6.76. The largest absolute Gasteiger partial charge is 0.476 e. The van der Waals surface area contributed by atoms with Gasteiger partial charge in [0.15, 0.2) is 5.69 Å². The van der Waals surface area contributed by atoms with Crippen LogP contribution < -0.4 is 4.90 Å². The lowest BCUT2D eigenvalue weighted by molar-refractivity contribution is -0.383. The van der Waals surface area contributed by atoms with Gasteiger partial charge < -0.3 is 10.0 Å². The highest BCUT2D eigenvalue weighted by Crippen LogP contribution is 2.30. The number of nitro groups is 1. The highest BCUT2D eigenvalue weighted by atomic mass is 35.5. The Balaban J connectivity index is 0.000000182. The van der Waals surface area contributed by atoms with Crippen molar-refractivity contribution in [2.45, 2.75) is 6.92 Å². The van der Waals surface area contributed by atoms with Crippen LogP contribution in [0.15, 0.2) is 48.5 Å². The van der Waals surface area contributed by atoms with Crippen molar-refractivity contribution in [2.24, 2.45) is 0 Å². The number of benzene rings is 2. The average molecular weight is 473 g/mol. The van der Waals surface area contributed by atoms with Crippen LogP contribution in [0.3, 0.4) is 0 Å². The molecule has 0 saturated heterocycles. The van der Waals surface area contributed by atoms with E-state index in [1.54, 1.807) is 43.3 Å². The molecule has 32 heavy (non-hydrogen) atoms. The van der Waals surface area contributed by atoms with Crippen molar-refractivity contribution in [2.75, 3.05) is 19.0 Å². The van der Waals surface area contributed by atoms with Crippen molar-refractivity contribution < 1.29 is 14.8 Å². The molecule has 10 heteroatoms. The summed E-state index contributed by atoms with van der Waals surface area (Å²) >= 11 is 11.8. The smallest absolute Gasteiger partial charge is 0.355 e. The first-order valence-corrected chi connectivity index (χ1v) is 10.1. The van der Waals surface area contributed by atoms with Crippen LogP contribution in [0.25, 0.3) is 21.5 Å². The Bertz CT molecular complexity index is 1360. The van der Waals surface area contributed by atoms with Gasteiger partial charge in [0.2, 0.25) is 0 Å². The van der Waals surface area contributed by atoms with Gasteiger partial charge in [0.1, 0.15) is 10.3 Å². The van der Waals surface area contributed by atoms with E-state index in [0.29, 0.717) is 27.0 Å². The normalized spacial score (nSPS) is 10.5. The summed E-state index contributed by atoms with van der Waals surface area (Å²) in [6.07, 6.45) is 0. The van der Waals surface area contributed by atoms with Crippen LogP contribution >= 0.6 is 23.2 Å². The zero-order valence-electron chi connectivity index (χ0n) is 17.3. The third-order valence-corrected chi connectivity index (χ3v) is 5.12. The quantitative estimate of drug-likeness (QED) is 0.229. The van der Waals surface area contributed by atoms with Gasteiger partial charge in [-0.2, -0.15) is 0 Å². The average Bonchev–Trinajstić information content (AvgIpc) is 2.72. The number of hydrogen-bond donors (Lipinski definition) is 1. The van der Waals surface area contributed by atoms with E-state index in [1.807, 2.05) is 25.1 Å². The molecule has 0 radical (unpaired) electrons. The molecule has 1 N–H and O–H groups in total. The molecule has 8 nitrogen and oxygen atoms in total. The number of carboxylic acid groups (broad SMARTS) is 1. The summed E-state index contributed by atoms with van der Waals surface area (Å²) in [6, 6.07) is 13.6. The van der Waals surface area contributed by atoms with E-state index in [-0.39, 0.29) is 16.5 Å². The van der Waals surface area contributed by atoms with Crippen LogP contribution in [0, 0.1) is 17.0 Å². The van der Waals surface area contributed by atoms with Crippen molar-refractivity contribution in [3.8, 4) is 0 Å². The Hall–Kier alpha value is -3.49. The Morgan fingerprint density at radius 3 is 2.28 bits per heavy atom. The minimum Gasteiger partial charge on any atom is -0.476 e. The number of aromatic carboxylic acids is 1. The van der Waals surface area contributed by atoms with Crippen LogP contribution in [-0.4, -0.2) is 40.1 Å². The number of halogens is 2. The Morgan fingerprint density at radius 2 is 1.66 bits per heavy atom. The fourth-order valence-corrected chi connectivity index (χ4v) is 3.77. The molecule has 4 aromatic rings. The minimum absolute atomic E-state index is 0.0174. The van der Waals surface area contributed by atoms with Gasteiger partial charge in [-0.25, -0.2) is 14.8 Å². The molecule has 0 aliphatic rings. The number of rotatable bonds is 3. The van der Waals surface area contributed by atoms with Gasteiger partial charge in [0, 0.05) is 47.7 Å². The van der Waals surface area contributed by atoms with E-state index in [2.05, 4.69) is 9.97 Å². The number of fused-ring (bicyclic) bond motifs is 2. The number of carboxylic acids is 1. The van der Waals surface area contributed by atoms with Crippen LogP contribution in [0.1, 0.15) is 16.2 Å². The lowest BCUT2D eigenvalue weighted by atomic mass is 10.1. The minimum atomic E-state index is -1.08. The maximum absolute atomic E-state index is 11.1. The van der Waals surface area contributed by atoms with Crippen molar-refractivity contribution in [1.29, 1.82) is 0 Å². The number of non-ortho nitro benzene ring substituents is 1. The second-order valence-corrected chi connectivity index (χ2v) is 7.79. The number of nitro benzene ring substituents is 1. The van der Waals surface area contributed by atoms with Gasteiger partial charge in [0.25, 0.3) is 5.69 Å².